The number of piperazine rings is 1. The number of nitrogens with one attached hydrogen (secondary N) is 1. The maximum Gasteiger partial charge on any atom is 0.251 e. The van der Waals surface area contributed by atoms with Crippen LogP contribution in [0.2, 0.25) is 0 Å². The van der Waals surface area contributed by atoms with Gasteiger partial charge in [-0.2, -0.15) is 0 Å². The molecular weight excluding hydrogens is 421 g/mol. The number of hydrogen-bond acceptors (Lipinski definition) is 4. The van der Waals surface area contributed by atoms with E-state index in [0.717, 1.165) is 12.1 Å². The molecule has 2 amide bonds. The molecule has 6 nitrogen and oxygen atoms in total. The van der Waals surface area contributed by atoms with Gasteiger partial charge in [0.2, 0.25) is 5.91 Å². The molecule has 0 aliphatic carbocycles. The largest absolute Gasteiger partial charge is 0.381 e. The Morgan fingerprint density at radius 3 is 2.61 bits per heavy atom. The molecule has 7 heteroatoms. The molecular formula is C26H32FN3O3. The number of carbonyl (C=O) groups excluding carboxylic acids is 2. The van der Waals surface area contributed by atoms with Crippen molar-refractivity contribution in [2.75, 3.05) is 46.9 Å². The summed E-state index contributed by atoms with van der Waals surface area (Å²) in [5, 5.41) is 2.67. The number of hydrogen-bond donors (Lipinski definition) is 1. The molecule has 1 N–H and O–H groups in total. The van der Waals surface area contributed by atoms with Crippen LogP contribution in [-0.2, 0) is 16.0 Å². The first-order valence-electron chi connectivity index (χ1n) is 11.6. The number of nitrogens with zero attached hydrogens (tertiary/aromatic N) is 2. The van der Waals surface area contributed by atoms with Gasteiger partial charge < -0.3 is 15.0 Å². The highest BCUT2D eigenvalue weighted by Crippen LogP contribution is 2.38. The van der Waals surface area contributed by atoms with E-state index in [2.05, 4.69) is 10.2 Å². The van der Waals surface area contributed by atoms with Crippen LogP contribution in [0.4, 0.5) is 4.39 Å². The van der Waals surface area contributed by atoms with Gasteiger partial charge in [0.15, 0.2) is 0 Å². The number of carbonyl (C=O) groups is 2. The topological polar surface area (TPSA) is 61.9 Å². The molecule has 0 bridgehead atoms. The lowest BCUT2D eigenvalue weighted by Crippen LogP contribution is -2.55. The molecule has 0 spiro atoms. The summed E-state index contributed by atoms with van der Waals surface area (Å²) < 4.78 is 20.1. The normalized spacial score (nSPS) is 20.9. The number of halogens is 1. The van der Waals surface area contributed by atoms with E-state index in [1.165, 1.54) is 6.07 Å². The Labute approximate surface area is 194 Å². The lowest BCUT2D eigenvalue weighted by molar-refractivity contribution is -0.151. The molecule has 176 valence electrons. The highest BCUT2D eigenvalue weighted by Gasteiger charge is 2.44. The van der Waals surface area contributed by atoms with Gasteiger partial charge in [-0.25, -0.2) is 4.39 Å². The van der Waals surface area contributed by atoms with E-state index >= 15 is 0 Å². The van der Waals surface area contributed by atoms with Crippen LogP contribution in [0.1, 0.15) is 40.4 Å². The summed E-state index contributed by atoms with van der Waals surface area (Å²) in [6, 6.07) is 14.3. The Balaban J connectivity index is 1.58. The summed E-state index contributed by atoms with van der Waals surface area (Å²) in [4.78, 5) is 30.2. The fraction of sp³-hybridized carbons (Fsp3) is 0.462. The van der Waals surface area contributed by atoms with Crippen molar-refractivity contribution in [3.8, 4) is 0 Å². The zero-order valence-electron chi connectivity index (χ0n) is 19.4. The Kier molecular flexibility index (Phi) is 7.10. The number of likely N-dealkylation sites (N-methyl/N-ethyl adjacent to an activating group) is 1. The van der Waals surface area contributed by atoms with Crippen molar-refractivity contribution < 1.29 is 18.7 Å². The van der Waals surface area contributed by atoms with Crippen molar-refractivity contribution in [1.29, 1.82) is 0 Å². The van der Waals surface area contributed by atoms with E-state index in [0.29, 0.717) is 56.7 Å². The van der Waals surface area contributed by atoms with Crippen molar-refractivity contribution in [2.24, 2.45) is 5.41 Å². The minimum Gasteiger partial charge on any atom is -0.381 e. The standard InChI is InChI=1S/C26H32FN3O3/c1-28-24(31)20-8-5-7-19(16-20)23-18-30(13-12-29(23)2)25(32)26(10-14-33-15-11-26)17-21-6-3-4-9-22(21)27/h3-9,16,23H,10-15,17-18H2,1-2H3,(H,28,31)/t23-/m0/s1. The lowest BCUT2D eigenvalue weighted by atomic mass is 9.73. The molecule has 2 heterocycles. The molecule has 2 aromatic rings. The predicted octanol–water partition coefficient (Wildman–Crippen LogP) is 3.04. The number of rotatable bonds is 5. The molecule has 0 unspecified atom stereocenters. The minimum atomic E-state index is -0.662. The average Bonchev–Trinajstić information content (AvgIpc) is 2.85. The maximum absolute atomic E-state index is 14.5. The third-order valence-electron chi connectivity index (χ3n) is 7.09. The molecule has 2 fully saturated rings. The van der Waals surface area contributed by atoms with E-state index < -0.39 is 5.41 Å². The highest BCUT2D eigenvalue weighted by atomic mass is 19.1. The van der Waals surface area contributed by atoms with Gasteiger partial charge in [0.05, 0.1) is 11.5 Å². The molecule has 2 saturated heterocycles. The SMILES string of the molecule is CNC(=O)c1cccc([C@@H]2CN(C(=O)C3(Cc4ccccc4F)CCOCC3)CCN2C)c1. The summed E-state index contributed by atoms with van der Waals surface area (Å²) >= 11 is 0. The monoisotopic (exact) mass is 453 g/mol. The van der Waals surface area contributed by atoms with Gasteiger partial charge >= 0.3 is 0 Å². The van der Waals surface area contributed by atoms with E-state index in [9.17, 15) is 14.0 Å². The van der Waals surface area contributed by atoms with Crippen LogP contribution in [-0.4, -0.2) is 68.6 Å². The lowest BCUT2D eigenvalue weighted by Gasteiger charge is -2.45. The second-order valence-corrected chi connectivity index (χ2v) is 9.11. The summed E-state index contributed by atoms with van der Waals surface area (Å²) in [7, 11) is 3.66. The van der Waals surface area contributed by atoms with Crippen LogP contribution in [0.3, 0.4) is 0 Å². The van der Waals surface area contributed by atoms with Crippen LogP contribution in [0.25, 0.3) is 0 Å². The summed E-state index contributed by atoms with van der Waals surface area (Å²) in [5.74, 6) is -0.317. The van der Waals surface area contributed by atoms with Crippen molar-refractivity contribution in [3.63, 3.8) is 0 Å². The van der Waals surface area contributed by atoms with Gasteiger partial charge in [0.1, 0.15) is 5.82 Å². The van der Waals surface area contributed by atoms with Gasteiger partial charge in [-0.05, 0) is 55.6 Å². The van der Waals surface area contributed by atoms with E-state index in [1.807, 2.05) is 36.2 Å². The van der Waals surface area contributed by atoms with Crippen molar-refractivity contribution in [1.82, 2.24) is 15.1 Å². The Bertz CT molecular complexity index is 1010. The average molecular weight is 454 g/mol. The molecule has 0 radical (unpaired) electrons. The number of ether oxygens (including phenoxy) is 1. The van der Waals surface area contributed by atoms with Crippen molar-refractivity contribution >= 4 is 11.8 Å². The summed E-state index contributed by atoms with van der Waals surface area (Å²) in [6.07, 6.45) is 1.55. The van der Waals surface area contributed by atoms with Gasteiger partial charge in [-0.15, -0.1) is 0 Å². The summed E-state index contributed by atoms with van der Waals surface area (Å²) in [5.41, 5.74) is 1.53. The Hall–Kier alpha value is -2.77. The molecule has 2 aromatic carbocycles. The van der Waals surface area contributed by atoms with Gasteiger partial charge in [0, 0.05) is 45.5 Å². The second kappa shape index (κ2) is 10.0. The molecule has 4 rings (SSSR count). The van der Waals surface area contributed by atoms with Crippen LogP contribution < -0.4 is 5.32 Å². The fourth-order valence-electron chi connectivity index (χ4n) is 5.02. The van der Waals surface area contributed by atoms with E-state index in [1.54, 1.807) is 25.2 Å². The third-order valence-corrected chi connectivity index (χ3v) is 7.09. The van der Waals surface area contributed by atoms with Crippen LogP contribution >= 0.6 is 0 Å². The van der Waals surface area contributed by atoms with Crippen molar-refractivity contribution in [2.45, 2.75) is 25.3 Å². The third kappa shape index (κ3) is 4.94. The van der Waals surface area contributed by atoms with Crippen molar-refractivity contribution in [3.05, 3.63) is 71.0 Å². The minimum absolute atomic E-state index is 0.0161. The Morgan fingerprint density at radius 1 is 1.12 bits per heavy atom. The van der Waals surface area contributed by atoms with Gasteiger partial charge in [0.25, 0.3) is 5.91 Å². The molecule has 0 saturated carbocycles. The quantitative estimate of drug-likeness (QED) is 0.756. The molecule has 1 atom stereocenters. The van der Waals surface area contributed by atoms with Gasteiger partial charge in [-0.1, -0.05) is 30.3 Å². The first-order chi connectivity index (χ1) is 15.9. The molecule has 2 aliphatic rings. The zero-order valence-corrected chi connectivity index (χ0v) is 19.4. The van der Waals surface area contributed by atoms with Crippen LogP contribution in [0, 0.1) is 11.2 Å². The fourth-order valence-corrected chi connectivity index (χ4v) is 5.02. The molecule has 0 aromatic heterocycles. The molecule has 33 heavy (non-hydrogen) atoms. The summed E-state index contributed by atoms with van der Waals surface area (Å²) in [6.45, 7) is 2.90. The van der Waals surface area contributed by atoms with Gasteiger partial charge in [-0.3, -0.25) is 14.5 Å². The zero-order chi connectivity index (χ0) is 23.4. The highest BCUT2D eigenvalue weighted by molar-refractivity contribution is 5.94. The predicted molar refractivity (Wildman–Crippen MR) is 124 cm³/mol. The van der Waals surface area contributed by atoms with E-state index in [4.69, 9.17) is 4.74 Å². The number of benzene rings is 2. The Morgan fingerprint density at radius 2 is 1.88 bits per heavy atom. The molecule has 2 aliphatic heterocycles. The van der Waals surface area contributed by atoms with Crippen LogP contribution in [0.5, 0.6) is 0 Å². The number of amides is 2. The first-order valence-corrected chi connectivity index (χ1v) is 11.6. The van der Waals surface area contributed by atoms with E-state index in [-0.39, 0.29) is 23.7 Å². The second-order valence-electron chi connectivity index (χ2n) is 9.11. The smallest absolute Gasteiger partial charge is 0.251 e. The first kappa shape index (κ1) is 23.4. The maximum atomic E-state index is 14.5. The van der Waals surface area contributed by atoms with Crippen LogP contribution in [0.15, 0.2) is 48.5 Å².